The van der Waals surface area contributed by atoms with Crippen molar-refractivity contribution in [3.63, 3.8) is 0 Å². The summed E-state index contributed by atoms with van der Waals surface area (Å²) >= 11 is 6.60. The monoisotopic (exact) mass is 563 g/mol. The maximum Gasteiger partial charge on any atom is 0.417 e. The molecule has 0 amide bonds. The predicted octanol–water partition coefficient (Wildman–Crippen LogP) is 4.82. The molecule has 1 fully saturated rings. The summed E-state index contributed by atoms with van der Waals surface area (Å²) in [7, 11) is 1.54. The summed E-state index contributed by atoms with van der Waals surface area (Å²) in [6.45, 7) is 0. The van der Waals surface area contributed by atoms with Gasteiger partial charge in [-0.15, -0.1) is 0 Å². The molecule has 39 heavy (non-hydrogen) atoms. The zero-order valence-electron chi connectivity index (χ0n) is 19.9. The van der Waals surface area contributed by atoms with Gasteiger partial charge < -0.3 is 24.3 Å². The van der Waals surface area contributed by atoms with Crippen LogP contribution in [0.2, 0.25) is 5.02 Å². The van der Waals surface area contributed by atoms with Crippen molar-refractivity contribution in [2.45, 2.75) is 31.2 Å². The molecule has 15 heteroatoms. The fourth-order valence-corrected chi connectivity index (χ4v) is 4.75. The van der Waals surface area contributed by atoms with E-state index >= 15 is 0 Å². The van der Waals surface area contributed by atoms with E-state index in [1.165, 1.54) is 39.8 Å². The molecule has 0 saturated heterocycles. The molecule has 0 aromatic carbocycles. The number of aryl methyl sites for hydroxylation is 1. The molecular weight excluding hydrogens is 546 g/mol. The summed E-state index contributed by atoms with van der Waals surface area (Å²) in [5, 5.41) is 16.4. The van der Waals surface area contributed by atoms with E-state index in [9.17, 15) is 27.5 Å². The summed E-state index contributed by atoms with van der Waals surface area (Å²) in [6.07, 6.45) is -0.386. The average Bonchev–Trinajstić information content (AvgIpc) is 3.39. The molecule has 0 aliphatic heterocycles. The van der Waals surface area contributed by atoms with E-state index in [1.54, 1.807) is 7.05 Å². The van der Waals surface area contributed by atoms with E-state index in [0.29, 0.717) is 11.6 Å². The van der Waals surface area contributed by atoms with E-state index < -0.39 is 35.3 Å². The zero-order valence-corrected chi connectivity index (χ0v) is 20.7. The Bertz CT molecular complexity index is 1810. The molecule has 1 aliphatic carbocycles. The number of hydrogen-bond acceptors (Lipinski definition) is 7. The molecule has 0 atom stereocenters. The van der Waals surface area contributed by atoms with Gasteiger partial charge in [-0.3, -0.25) is 4.79 Å². The molecule has 5 aromatic heterocycles. The zero-order chi connectivity index (χ0) is 27.6. The van der Waals surface area contributed by atoms with E-state index in [-0.39, 0.29) is 52.2 Å². The van der Waals surface area contributed by atoms with Crippen LogP contribution in [-0.2, 0) is 13.2 Å². The van der Waals surface area contributed by atoms with Gasteiger partial charge in [0, 0.05) is 19.3 Å². The number of anilines is 2. The SMILES string of the molecule is Cn1c(Nc2cc(C(F)(F)F)cn(C3CC(O)C3)c2=O)nc2ncc(Oc3cnn4cc(F)ccc34)c(Cl)c21. The number of ether oxygens (including phenoxy) is 1. The first-order chi connectivity index (χ1) is 18.5. The molecule has 6 rings (SSSR count). The highest BCUT2D eigenvalue weighted by Crippen LogP contribution is 2.38. The Kier molecular flexibility index (Phi) is 5.77. The standard InChI is InChI=1S/C24H18ClF4N7O3/c1-34-20-19(25)18(39-17-8-31-36-10-12(26)2-3-16(17)36)7-30-21(20)33-23(34)32-15-4-11(24(27,28)29)9-35(22(15)38)13-5-14(37)6-13/h2-4,7-10,13-14,37H,5-6H2,1H3,(H,30,32,33). The van der Waals surface area contributed by atoms with Gasteiger partial charge in [0.1, 0.15) is 27.6 Å². The number of rotatable bonds is 5. The fourth-order valence-electron chi connectivity index (χ4n) is 4.45. The lowest BCUT2D eigenvalue weighted by Gasteiger charge is -2.33. The van der Waals surface area contributed by atoms with E-state index in [2.05, 4.69) is 20.4 Å². The first kappa shape index (κ1) is 25.1. The largest absolute Gasteiger partial charge is 0.450 e. The molecule has 0 unspecified atom stereocenters. The van der Waals surface area contributed by atoms with Crippen molar-refractivity contribution in [3.05, 3.63) is 69.7 Å². The van der Waals surface area contributed by atoms with Crippen LogP contribution in [0.4, 0.5) is 29.2 Å². The number of hydrogen-bond donors (Lipinski definition) is 2. The first-order valence-corrected chi connectivity index (χ1v) is 12.0. The molecule has 1 saturated carbocycles. The third-order valence-electron chi connectivity index (χ3n) is 6.57. The quantitative estimate of drug-likeness (QED) is 0.295. The van der Waals surface area contributed by atoms with Gasteiger partial charge in [0.25, 0.3) is 5.56 Å². The molecule has 10 nitrogen and oxygen atoms in total. The van der Waals surface area contributed by atoms with Gasteiger partial charge in [0.2, 0.25) is 5.95 Å². The summed E-state index contributed by atoms with van der Waals surface area (Å²) in [5.74, 6) is -0.0577. The summed E-state index contributed by atoms with van der Waals surface area (Å²) in [5.41, 5.74) is -1.16. The van der Waals surface area contributed by atoms with Gasteiger partial charge in [-0.25, -0.2) is 13.9 Å². The minimum Gasteiger partial charge on any atom is -0.450 e. The lowest BCUT2D eigenvalue weighted by molar-refractivity contribution is -0.138. The first-order valence-electron chi connectivity index (χ1n) is 11.6. The van der Waals surface area contributed by atoms with E-state index in [1.807, 2.05) is 0 Å². The van der Waals surface area contributed by atoms with Crippen LogP contribution in [0.15, 0.2) is 47.8 Å². The third kappa shape index (κ3) is 4.34. The third-order valence-corrected chi connectivity index (χ3v) is 6.93. The van der Waals surface area contributed by atoms with Crippen molar-refractivity contribution in [2.24, 2.45) is 7.05 Å². The van der Waals surface area contributed by atoms with Gasteiger partial charge in [0.05, 0.1) is 30.3 Å². The molecule has 5 heterocycles. The number of halogens is 5. The summed E-state index contributed by atoms with van der Waals surface area (Å²) < 4.78 is 63.9. The minimum absolute atomic E-state index is 0.0135. The molecule has 1 aliphatic rings. The maximum atomic E-state index is 13.6. The summed E-state index contributed by atoms with van der Waals surface area (Å²) in [6, 6.07) is 2.89. The molecule has 2 N–H and O–H groups in total. The Morgan fingerprint density at radius 2 is 1.95 bits per heavy atom. The van der Waals surface area contributed by atoms with Crippen molar-refractivity contribution >= 4 is 39.9 Å². The van der Waals surface area contributed by atoms with Crippen molar-refractivity contribution in [2.75, 3.05) is 5.32 Å². The van der Waals surface area contributed by atoms with Gasteiger partial charge in [-0.2, -0.15) is 23.3 Å². The van der Waals surface area contributed by atoms with Crippen molar-refractivity contribution in [3.8, 4) is 11.5 Å². The lowest BCUT2D eigenvalue weighted by Crippen LogP contribution is -2.37. The van der Waals surface area contributed by atoms with Gasteiger partial charge in [0.15, 0.2) is 17.1 Å². The molecule has 0 bridgehead atoms. The highest BCUT2D eigenvalue weighted by molar-refractivity contribution is 6.36. The Hall–Kier alpha value is -4.17. The maximum absolute atomic E-state index is 13.6. The van der Waals surface area contributed by atoms with Crippen LogP contribution >= 0.6 is 11.6 Å². The van der Waals surface area contributed by atoms with Crippen LogP contribution in [0.25, 0.3) is 16.7 Å². The molecule has 0 spiro atoms. The van der Waals surface area contributed by atoms with Crippen molar-refractivity contribution in [1.82, 2.24) is 28.7 Å². The highest BCUT2D eigenvalue weighted by Gasteiger charge is 2.36. The predicted molar refractivity (Wildman–Crippen MR) is 132 cm³/mol. The van der Waals surface area contributed by atoms with Crippen LogP contribution in [-0.4, -0.2) is 39.9 Å². The number of imidazole rings is 1. The summed E-state index contributed by atoms with van der Waals surface area (Å²) in [4.78, 5) is 21.6. The topological polar surface area (TPSA) is 112 Å². The van der Waals surface area contributed by atoms with Gasteiger partial charge in [-0.1, -0.05) is 11.6 Å². The molecule has 0 radical (unpaired) electrons. The fraction of sp³-hybridized carbons (Fsp3) is 0.250. The van der Waals surface area contributed by atoms with Crippen LogP contribution < -0.4 is 15.6 Å². The van der Waals surface area contributed by atoms with Crippen molar-refractivity contribution in [1.29, 1.82) is 0 Å². The number of nitrogens with one attached hydrogen (secondary N) is 1. The second-order valence-electron chi connectivity index (χ2n) is 9.15. The van der Waals surface area contributed by atoms with Crippen molar-refractivity contribution < 1.29 is 27.4 Å². The number of fused-ring (bicyclic) bond motifs is 2. The Morgan fingerprint density at radius 1 is 1.18 bits per heavy atom. The number of aromatic nitrogens is 6. The van der Waals surface area contributed by atoms with E-state index in [0.717, 1.165) is 10.8 Å². The van der Waals surface area contributed by atoms with Gasteiger partial charge >= 0.3 is 6.18 Å². The smallest absolute Gasteiger partial charge is 0.417 e. The van der Waals surface area contributed by atoms with Crippen LogP contribution in [0, 0.1) is 5.82 Å². The second kappa shape index (κ2) is 8.95. The number of aliphatic hydroxyl groups excluding tert-OH is 1. The Morgan fingerprint density at radius 3 is 2.67 bits per heavy atom. The van der Waals surface area contributed by atoms with Crippen LogP contribution in [0.1, 0.15) is 24.4 Å². The minimum atomic E-state index is -4.71. The van der Waals surface area contributed by atoms with Crippen LogP contribution in [0.5, 0.6) is 11.5 Å². The van der Waals surface area contributed by atoms with Gasteiger partial charge in [-0.05, 0) is 31.0 Å². The Balaban J connectivity index is 1.37. The highest BCUT2D eigenvalue weighted by atomic mass is 35.5. The second-order valence-corrected chi connectivity index (χ2v) is 9.53. The Labute approximate surface area is 221 Å². The normalized spacial score (nSPS) is 17.5. The molecule has 5 aromatic rings. The lowest BCUT2D eigenvalue weighted by atomic mass is 9.89. The number of nitrogens with zero attached hydrogens (tertiary/aromatic N) is 6. The van der Waals surface area contributed by atoms with Crippen LogP contribution in [0.3, 0.4) is 0 Å². The average molecular weight is 564 g/mol. The number of pyridine rings is 3. The molecular formula is C24H18ClF4N7O3. The molecule has 202 valence electrons. The van der Waals surface area contributed by atoms with E-state index in [4.69, 9.17) is 16.3 Å². The number of aliphatic hydroxyl groups is 1. The number of alkyl halides is 3.